The maximum atomic E-state index is 12.8. The lowest BCUT2D eigenvalue weighted by Crippen LogP contribution is -2.30. The molecule has 2 aromatic carbocycles. The fourth-order valence-electron chi connectivity index (χ4n) is 3.82. The zero-order valence-electron chi connectivity index (χ0n) is 20.0. The molecule has 4 aromatic rings. The Hall–Kier alpha value is -4.17. The molecular formula is C27H27N3O5. The molecule has 0 aliphatic carbocycles. The third-order valence-corrected chi connectivity index (χ3v) is 5.59. The fourth-order valence-corrected chi connectivity index (χ4v) is 3.82. The second-order valence-corrected chi connectivity index (χ2v) is 8.09. The van der Waals surface area contributed by atoms with Gasteiger partial charge in [0.2, 0.25) is 5.89 Å². The normalized spacial score (nSPS) is 11.8. The van der Waals surface area contributed by atoms with Gasteiger partial charge in [-0.3, -0.25) is 9.59 Å². The monoisotopic (exact) mass is 473 g/mol. The Morgan fingerprint density at radius 3 is 2.37 bits per heavy atom. The number of ether oxygens (including phenoxy) is 1. The van der Waals surface area contributed by atoms with Crippen LogP contribution in [0.3, 0.4) is 0 Å². The minimum atomic E-state index is -0.728. The van der Waals surface area contributed by atoms with Gasteiger partial charge in [-0.05, 0) is 44.5 Å². The topological polar surface area (TPSA) is 107 Å². The second-order valence-electron chi connectivity index (χ2n) is 8.09. The third-order valence-electron chi connectivity index (χ3n) is 5.59. The number of hydrogen-bond acceptors (Lipinski definition) is 6. The maximum absolute atomic E-state index is 12.8. The number of benzene rings is 2. The van der Waals surface area contributed by atoms with Crippen LogP contribution < -0.4 is 10.6 Å². The lowest BCUT2D eigenvalue weighted by molar-refractivity contribution is -0.131. The average molecular weight is 474 g/mol. The van der Waals surface area contributed by atoms with Crippen LogP contribution in [0.1, 0.15) is 45.0 Å². The van der Waals surface area contributed by atoms with Gasteiger partial charge in [-0.25, -0.2) is 4.98 Å². The summed E-state index contributed by atoms with van der Waals surface area (Å²) in [4.78, 5) is 30.1. The summed E-state index contributed by atoms with van der Waals surface area (Å²) in [5, 5.41) is 5.78. The van der Waals surface area contributed by atoms with Crippen LogP contribution in [0.5, 0.6) is 0 Å². The molecule has 1 atom stereocenters. The molecule has 2 aromatic heterocycles. The first-order chi connectivity index (χ1) is 16.9. The van der Waals surface area contributed by atoms with Crippen LogP contribution in [0.2, 0.25) is 0 Å². The summed E-state index contributed by atoms with van der Waals surface area (Å²) in [6, 6.07) is 18.2. The van der Waals surface area contributed by atoms with Crippen molar-refractivity contribution >= 4 is 17.5 Å². The SMILES string of the molecule is COC(C(=O)NCc1nc(-c2ccccc2NC(=O)c2cc(C)oc2C)oc1C)c1ccccc1. The Kier molecular flexibility index (Phi) is 7.12. The van der Waals surface area contributed by atoms with Crippen molar-refractivity contribution in [3.05, 3.63) is 94.8 Å². The van der Waals surface area contributed by atoms with Gasteiger partial charge in [0, 0.05) is 7.11 Å². The van der Waals surface area contributed by atoms with E-state index in [1.165, 1.54) is 7.11 Å². The number of anilines is 1. The van der Waals surface area contributed by atoms with Crippen LogP contribution in [0.25, 0.3) is 11.5 Å². The molecule has 1 unspecified atom stereocenters. The standard InChI is InChI=1S/C27H27N3O5/c1-16-14-21(17(2)34-16)25(31)29-22-13-9-8-12-20(22)27-30-23(18(3)35-27)15-28-26(32)24(33-4)19-10-6-5-7-11-19/h5-14,24H,15H2,1-4H3,(H,28,32)(H,29,31). The number of nitrogens with zero attached hydrogens (tertiary/aromatic N) is 1. The molecule has 2 N–H and O–H groups in total. The van der Waals surface area contributed by atoms with Gasteiger partial charge in [0.05, 0.1) is 23.4 Å². The third kappa shape index (κ3) is 5.33. The van der Waals surface area contributed by atoms with Crippen LogP contribution in [-0.4, -0.2) is 23.9 Å². The van der Waals surface area contributed by atoms with Crippen molar-refractivity contribution in [2.45, 2.75) is 33.4 Å². The van der Waals surface area contributed by atoms with Gasteiger partial charge >= 0.3 is 0 Å². The summed E-state index contributed by atoms with van der Waals surface area (Å²) in [6.45, 7) is 5.49. The van der Waals surface area contributed by atoms with Gasteiger partial charge in [-0.15, -0.1) is 0 Å². The number of oxazole rings is 1. The summed E-state index contributed by atoms with van der Waals surface area (Å²) in [5.74, 6) is 1.56. The number of amides is 2. The summed E-state index contributed by atoms with van der Waals surface area (Å²) in [6.07, 6.45) is -0.728. The van der Waals surface area contributed by atoms with E-state index in [1.807, 2.05) is 48.5 Å². The number of methoxy groups -OCH3 is 1. The van der Waals surface area contributed by atoms with Crippen molar-refractivity contribution in [1.82, 2.24) is 10.3 Å². The maximum Gasteiger partial charge on any atom is 0.259 e. The zero-order chi connectivity index (χ0) is 24.9. The molecule has 8 nitrogen and oxygen atoms in total. The average Bonchev–Trinajstić information content (AvgIpc) is 3.39. The quantitative estimate of drug-likeness (QED) is 0.368. The highest BCUT2D eigenvalue weighted by molar-refractivity contribution is 6.06. The van der Waals surface area contributed by atoms with Crippen molar-refractivity contribution in [2.75, 3.05) is 12.4 Å². The summed E-state index contributed by atoms with van der Waals surface area (Å²) < 4.78 is 16.8. The number of aromatic nitrogens is 1. The largest absolute Gasteiger partial charge is 0.466 e. The van der Waals surface area contributed by atoms with E-state index in [9.17, 15) is 9.59 Å². The Morgan fingerprint density at radius 1 is 0.971 bits per heavy atom. The van der Waals surface area contributed by atoms with Gasteiger partial charge in [-0.2, -0.15) is 0 Å². The van der Waals surface area contributed by atoms with E-state index in [-0.39, 0.29) is 18.4 Å². The Bertz CT molecular complexity index is 1340. The van der Waals surface area contributed by atoms with Gasteiger partial charge < -0.3 is 24.2 Å². The summed E-state index contributed by atoms with van der Waals surface area (Å²) >= 11 is 0. The predicted octanol–water partition coefficient (Wildman–Crippen LogP) is 5.12. The molecule has 0 bridgehead atoms. The molecule has 2 heterocycles. The van der Waals surface area contributed by atoms with E-state index in [0.29, 0.717) is 45.7 Å². The molecule has 35 heavy (non-hydrogen) atoms. The predicted molar refractivity (Wildman–Crippen MR) is 131 cm³/mol. The number of hydrogen-bond donors (Lipinski definition) is 2. The highest BCUT2D eigenvalue weighted by atomic mass is 16.5. The van der Waals surface area contributed by atoms with E-state index in [1.54, 1.807) is 32.9 Å². The van der Waals surface area contributed by atoms with E-state index in [4.69, 9.17) is 13.6 Å². The van der Waals surface area contributed by atoms with E-state index in [0.717, 1.165) is 5.56 Å². The van der Waals surface area contributed by atoms with Gasteiger partial charge in [-0.1, -0.05) is 42.5 Å². The molecule has 0 saturated heterocycles. The molecule has 4 rings (SSSR count). The Morgan fingerprint density at radius 2 is 1.69 bits per heavy atom. The highest BCUT2D eigenvalue weighted by Gasteiger charge is 2.22. The van der Waals surface area contributed by atoms with Crippen LogP contribution in [0, 0.1) is 20.8 Å². The van der Waals surface area contributed by atoms with Gasteiger partial charge in [0.25, 0.3) is 11.8 Å². The van der Waals surface area contributed by atoms with E-state index in [2.05, 4.69) is 15.6 Å². The smallest absolute Gasteiger partial charge is 0.259 e. The number of furan rings is 1. The number of para-hydroxylation sites is 1. The molecule has 0 radical (unpaired) electrons. The molecule has 0 saturated carbocycles. The van der Waals surface area contributed by atoms with Crippen molar-refractivity contribution in [3.63, 3.8) is 0 Å². The number of carbonyl (C=O) groups excluding carboxylic acids is 2. The Labute approximate surface area is 203 Å². The Balaban J connectivity index is 1.50. The molecule has 2 amide bonds. The molecule has 0 aliphatic rings. The molecule has 0 spiro atoms. The first-order valence-electron chi connectivity index (χ1n) is 11.2. The lowest BCUT2D eigenvalue weighted by Gasteiger charge is -2.15. The molecule has 0 aliphatic heterocycles. The van der Waals surface area contributed by atoms with Crippen LogP contribution in [-0.2, 0) is 16.1 Å². The number of aryl methyl sites for hydroxylation is 3. The molecule has 8 heteroatoms. The van der Waals surface area contributed by atoms with Gasteiger partial charge in [0.15, 0.2) is 6.10 Å². The minimum absolute atomic E-state index is 0.170. The fraction of sp³-hybridized carbons (Fsp3) is 0.222. The first-order valence-corrected chi connectivity index (χ1v) is 11.2. The van der Waals surface area contributed by atoms with Crippen molar-refractivity contribution < 1.29 is 23.2 Å². The van der Waals surface area contributed by atoms with E-state index < -0.39 is 6.10 Å². The summed E-state index contributed by atoms with van der Waals surface area (Å²) in [5.41, 5.74) is 2.99. The first kappa shape index (κ1) is 24.0. The molecular weight excluding hydrogens is 446 g/mol. The lowest BCUT2D eigenvalue weighted by atomic mass is 10.1. The van der Waals surface area contributed by atoms with E-state index >= 15 is 0 Å². The van der Waals surface area contributed by atoms with Crippen LogP contribution in [0.4, 0.5) is 5.69 Å². The number of nitrogens with one attached hydrogen (secondary N) is 2. The summed E-state index contributed by atoms with van der Waals surface area (Å²) in [7, 11) is 1.49. The van der Waals surface area contributed by atoms with Crippen LogP contribution >= 0.6 is 0 Å². The number of carbonyl (C=O) groups is 2. The molecule has 0 fully saturated rings. The van der Waals surface area contributed by atoms with Crippen molar-refractivity contribution in [1.29, 1.82) is 0 Å². The molecule has 180 valence electrons. The highest BCUT2D eigenvalue weighted by Crippen LogP contribution is 2.30. The van der Waals surface area contributed by atoms with Gasteiger partial charge in [0.1, 0.15) is 23.0 Å². The van der Waals surface area contributed by atoms with Crippen LogP contribution in [0.15, 0.2) is 69.5 Å². The minimum Gasteiger partial charge on any atom is -0.466 e. The second kappa shape index (κ2) is 10.4. The zero-order valence-corrected chi connectivity index (χ0v) is 20.0. The van der Waals surface area contributed by atoms with Crippen molar-refractivity contribution in [2.24, 2.45) is 0 Å². The number of rotatable bonds is 8. The van der Waals surface area contributed by atoms with Crippen molar-refractivity contribution in [3.8, 4) is 11.5 Å².